The van der Waals surface area contributed by atoms with Gasteiger partial charge in [-0.25, -0.2) is 13.6 Å². The lowest BCUT2D eigenvalue weighted by Crippen LogP contribution is -2.24. The van der Waals surface area contributed by atoms with E-state index in [1.807, 2.05) is 0 Å². The number of esters is 1. The summed E-state index contributed by atoms with van der Waals surface area (Å²) in [4.78, 5) is 22.2. The van der Waals surface area contributed by atoms with Crippen LogP contribution in [0, 0.1) is 21.7 Å². The number of rotatable bonds is 6. The van der Waals surface area contributed by atoms with Gasteiger partial charge < -0.3 is 14.8 Å². The first-order valence-electron chi connectivity index (χ1n) is 8.76. The van der Waals surface area contributed by atoms with Crippen molar-refractivity contribution in [1.82, 2.24) is 0 Å². The van der Waals surface area contributed by atoms with Crippen LogP contribution in [0.2, 0.25) is 0 Å². The zero-order chi connectivity index (χ0) is 21.0. The van der Waals surface area contributed by atoms with Crippen molar-refractivity contribution < 1.29 is 28.0 Å². The Bertz CT molecular complexity index is 964. The normalized spacial score (nSPS) is 18.7. The molecule has 0 spiro atoms. The summed E-state index contributed by atoms with van der Waals surface area (Å²) in [6.07, 6.45) is 2.52. The second kappa shape index (κ2) is 8.78. The fourth-order valence-electron chi connectivity index (χ4n) is 3.11. The molecular formula is C20H18F2N2O5. The third kappa shape index (κ3) is 4.75. The number of ether oxygens (including phenoxy) is 2. The van der Waals surface area contributed by atoms with Gasteiger partial charge in [-0.1, -0.05) is 12.1 Å². The predicted molar refractivity (Wildman–Crippen MR) is 101 cm³/mol. The van der Waals surface area contributed by atoms with Crippen molar-refractivity contribution in [2.75, 3.05) is 19.0 Å². The van der Waals surface area contributed by atoms with Crippen molar-refractivity contribution >= 4 is 23.4 Å². The van der Waals surface area contributed by atoms with E-state index in [4.69, 9.17) is 4.74 Å². The Balaban J connectivity index is 1.84. The molecule has 0 radical (unpaired) electrons. The predicted octanol–water partition coefficient (Wildman–Crippen LogP) is 4.00. The Hall–Kier alpha value is -3.33. The van der Waals surface area contributed by atoms with Gasteiger partial charge in [0.25, 0.3) is 5.69 Å². The Kier molecular flexibility index (Phi) is 6.18. The van der Waals surface area contributed by atoms with Crippen LogP contribution in [0.3, 0.4) is 0 Å². The number of nitro benzene ring substituents is 1. The third-order valence-corrected chi connectivity index (χ3v) is 4.54. The number of hydrogen-bond donors (Lipinski definition) is 1. The smallest absolute Gasteiger partial charge is 0.330 e. The van der Waals surface area contributed by atoms with Gasteiger partial charge in [-0.15, -0.1) is 0 Å². The highest BCUT2D eigenvalue weighted by atomic mass is 19.2. The Morgan fingerprint density at radius 1 is 1.28 bits per heavy atom. The average molecular weight is 404 g/mol. The minimum Gasteiger partial charge on any atom is -0.466 e. The summed E-state index contributed by atoms with van der Waals surface area (Å²) in [7, 11) is 1.23. The molecule has 152 valence electrons. The van der Waals surface area contributed by atoms with Gasteiger partial charge in [0.15, 0.2) is 11.6 Å². The second-order valence-corrected chi connectivity index (χ2v) is 6.39. The Morgan fingerprint density at radius 2 is 2.07 bits per heavy atom. The number of nitro groups is 1. The van der Waals surface area contributed by atoms with Crippen molar-refractivity contribution in [3.63, 3.8) is 0 Å². The molecule has 0 amide bonds. The number of benzene rings is 2. The van der Waals surface area contributed by atoms with Crippen molar-refractivity contribution in [3.8, 4) is 0 Å². The highest BCUT2D eigenvalue weighted by Crippen LogP contribution is 2.35. The summed E-state index contributed by atoms with van der Waals surface area (Å²) < 4.78 is 36.9. The van der Waals surface area contributed by atoms with Gasteiger partial charge in [0.05, 0.1) is 18.1 Å². The first-order chi connectivity index (χ1) is 13.9. The topological polar surface area (TPSA) is 90.7 Å². The van der Waals surface area contributed by atoms with Gasteiger partial charge in [-0.2, -0.15) is 0 Å². The molecule has 0 bridgehead atoms. The molecule has 3 rings (SSSR count). The maximum Gasteiger partial charge on any atom is 0.330 e. The first-order valence-corrected chi connectivity index (χ1v) is 8.76. The number of nitrogens with zero attached hydrogens (tertiary/aromatic N) is 1. The molecular weight excluding hydrogens is 386 g/mol. The van der Waals surface area contributed by atoms with Crippen LogP contribution in [0.25, 0.3) is 6.08 Å². The molecule has 0 aliphatic carbocycles. The minimum absolute atomic E-state index is 0.187. The molecule has 2 unspecified atom stereocenters. The van der Waals surface area contributed by atoms with E-state index in [2.05, 4.69) is 10.1 Å². The molecule has 1 saturated heterocycles. The quantitative estimate of drug-likeness (QED) is 0.339. The molecule has 0 saturated carbocycles. The molecule has 7 nitrogen and oxygen atoms in total. The van der Waals surface area contributed by atoms with E-state index in [0.717, 1.165) is 18.2 Å². The lowest BCUT2D eigenvalue weighted by molar-refractivity contribution is -0.384. The summed E-state index contributed by atoms with van der Waals surface area (Å²) in [5.74, 6) is -2.51. The molecule has 2 atom stereocenters. The highest BCUT2D eigenvalue weighted by Gasteiger charge is 2.31. The van der Waals surface area contributed by atoms with Gasteiger partial charge in [0, 0.05) is 18.7 Å². The third-order valence-electron chi connectivity index (χ3n) is 4.54. The lowest BCUT2D eigenvalue weighted by Gasteiger charge is -2.21. The van der Waals surface area contributed by atoms with Gasteiger partial charge in [0.2, 0.25) is 0 Å². The minimum atomic E-state index is -0.982. The molecule has 2 aromatic rings. The number of carbonyl (C=O) groups is 1. The standard InChI is InChI=1S/C20H18F2N2O5/c1-28-19(25)7-3-12-2-6-16(18(10-12)24(26)27)23-17-8-9-29-20(17)13-4-5-14(21)15(22)11-13/h2-7,10-11,17,20,23H,8-9H2,1H3/b7-3+. The van der Waals surface area contributed by atoms with E-state index in [1.54, 1.807) is 6.07 Å². The van der Waals surface area contributed by atoms with Crippen molar-refractivity contribution in [1.29, 1.82) is 0 Å². The molecule has 1 fully saturated rings. The number of methoxy groups -OCH3 is 1. The summed E-state index contributed by atoms with van der Waals surface area (Å²) >= 11 is 0. The van der Waals surface area contributed by atoms with Gasteiger partial charge in [-0.05, 0) is 41.8 Å². The molecule has 29 heavy (non-hydrogen) atoms. The number of halogens is 2. The highest BCUT2D eigenvalue weighted by molar-refractivity contribution is 5.87. The summed E-state index contributed by atoms with van der Waals surface area (Å²) in [5, 5.41) is 14.6. The summed E-state index contributed by atoms with van der Waals surface area (Å²) in [6, 6.07) is 7.61. The van der Waals surface area contributed by atoms with E-state index < -0.39 is 28.6 Å². The zero-order valence-electron chi connectivity index (χ0n) is 15.4. The van der Waals surface area contributed by atoms with Gasteiger partial charge >= 0.3 is 5.97 Å². The molecule has 1 aliphatic heterocycles. The first kappa shape index (κ1) is 20.4. The fourth-order valence-corrected chi connectivity index (χ4v) is 3.11. The number of hydrogen-bond acceptors (Lipinski definition) is 6. The van der Waals surface area contributed by atoms with Crippen LogP contribution < -0.4 is 5.32 Å². The Morgan fingerprint density at radius 3 is 2.76 bits per heavy atom. The van der Waals surface area contributed by atoms with Crippen LogP contribution in [0.1, 0.15) is 23.7 Å². The maximum atomic E-state index is 13.6. The molecule has 1 aliphatic rings. The van der Waals surface area contributed by atoms with Crippen molar-refractivity contribution in [3.05, 3.63) is 75.3 Å². The van der Waals surface area contributed by atoms with E-state index in [9.17, 15) is 23.7 Å². The Labute approximate surface area is 165 Å². The van der Waals surface area contributed by atoms with E-state index in [0.29, 0.717) is 24.2 Å². The average Bonchev–Trinajstić information content (AvgIpc) is 3.16. The van der Waals surface area contributed by atoms with Gasteiger partial charge in [-0.3, -0.25) is 10.1 Å². The van der Waals surface area contributed by atoms with Crippen LogP contribution in [0.5, 0.6) is 0 Å². The number of carbonyl (C=O) groups excluding carboxylic acids is 1. The fraction of sp³-hybridized carbons (Fsp3) is 0.250. The van der Waals surface area contributed by atoms with E-state index in [-0.39, 0.29) is 17.4 Å². The summed E-state index contributed by atoms with van der Waals surface area (Å²) in [6.45, 7) is 0.370. The van der Waals surface area contributed by atoms with Crippen LogP contribution >= 0.6 is 0 Å². The zero-order valence-corrected chi connectivity index (χ0v) is 15.4. The summed E-state index contributed by atoms with van der Waals surface area (Å²) in [5.41, 5.74) is 0.966. The van der Waals surface area contributed by atoms with E-state index in [1.165, 1.54) is 31.4 Å². The van der Waals surface area contributed by atoms with Crippen LogP contribution in [-0.2, 0) is 14.3 Å². The number of anilines is 1. The molecule has 0 aromatic heterocycles. The van der Waals surface area contributed by atoms with Crippen LogP contribution in [0.4, 0.5) is 20.2 Å². The molecule has 1 N–H and O–H groups in total. The van der Waals surface area contributed by atoms with Crippen molar-refractivity contribution in [2.24, 2.45) is 0 Å². The second-order valence-electron chi connectivity index (χ2n) is 6.39. The van der Waals surface area contributed by atoms with Crippen LogP contribution in [0.15, 0.2) is 42.5 Å². The lowest BCUT2D eigenvalue weighted by atomic mass is 10.0. The SMILES string of the molecule is COC(=O)/C=C/c1ccc(NC2CCOC2c2ccc(F)c(F)c2)c([N+](=O)[O-])c1. The largest absolute Gasteiger partial charge is 0.466 e. The van der Waals surface area contributed by atoms with E-state index >= 15 is 0 Å². The molecule has 9 heteroatoms. The molecule has 1 heterocycles. The number of nitrogens with one attached hydrogen (secondary N) is 1. The van der Waals surface area contributed by atoms with Gasteiger partial charge in [0.1, 0.15) is 11.8 Å². The monoisotopic (exact) mass is 404 g/mol. The van der Waals surface area contributed by atoms with Crippen molar-refractivity contribution in [2.45, 2.75) is 18.6 Å². The van der Waals surface area contributed by atoms with Crippen LogP contribution in [-0.4, -0.2) is 30.7 Å². The molecule has 2 aromatic carbocycles. The maximum absolute atomic E-state index is 13.6.